The van der Waals surface area contributed by atoms with Crippen molar-refractivity contribution in [2.75, 3.05) is 13.1 Å². The zero-order valence-corrected chi connectivity index (χ0v) is 8.36. The van der Waals surface area contributed by atoms with Crippen molar-refractivity contribution in [3.8, 4) is 0 Å². The molecule has 1 aliphatic rings. The highest BCUT2D eigenvalue weighted by molar-refractivity contribution is 5.82. The molecule has 2 heterocycles. The lowest BCUT2D eigenvalue weighted by Crippen LogP contribution is -2.20. The molecule has 0 amide bonds. The van der Waals surface area contributed by atoms with Crippen molar-refractivity contribution >= 4 is 5.78 Å². The average molecular weight is 190 g/mol. The smallest absolute Gasteiger partial charge is 0.148 e. The summed E-state index contributed by atoms with van der Waals surface area (Å²) < 4.78 is 0. The molecule has 0 spiro atoms. The van der Waals surface area contributed by atoms with Crippen molar-refractivity contribution in [2.24, 2.45) is 0 Å². The molecule has 74 valence electrons. The van der Waals surface area contributed by atoms with Gasteiger partial charge in [0.15, 0.2) is 0 Å². The Morgan fingerprint density at radius 3 is 2.93 bits per heavy atom. The summed E-state index contributed by atoms with van der Waals surface area (Å²) in [7, 11) is 0. The van der Waals surface area contributed by atoms with Gasteiger partial charge < -0.3 is 0 Å². The van der Waals surface area contributed by atoms with Crippen LogP contribution in [0.25, 0.3) is 0 Å². The highest BCUT2D eigenvalue weighted by atomic mass is 16.1. The molecule has 0 radical (unpaired) electrons. The van der Waals surface area contributed by atoms with Gasteiger partial charge in [-0.05, 0) is 18.6 Å². The number of rotatable bonds is 2. The zero-order valence-electron chi connectivity index (χ0n) is 8.36. The van der Waals surface area contributed by atoms with Gasteiger partial charge in [-0.25, -0.2) is 0 Å². The summed E-state index contributed by atoms with van der Waals surface area (Å²) in [6, 6.07) is 4.08. The summed E-state index contributed by atoms with van der Waals surface area (Å²) in [6.45, 7) is 4.32. The number of ketones is 1. The number of hydrogen-bond acceptors (Lipinski definition) is 3. The van der Waals surface area contributed by atoms with Gasteiger partial charge in [0.25, 0.3) is 0 Å². The van der Waals surface area contributed by atoms with Crippen molar-refractivity contribution in [1.82, 2.24) is 9.88 Å². The van der Waals surface area contributed by atoms with E-state index in [2.05, 4.69) is 16.0 Å². The van der Waals surface area contributed by atoms with Crippen molar-refractivity contribution in [1.29, 1.82) is 0 Å². The number of likely N-dealkylation sites (tertiary alicyclic amines) is 1. The topological polar surface area (TPSA) is 33.2 Å². The van der Waals surface area contributed by atoms with E-state index in [1.165, 1.54) is 5.56 Å². The predicted molar refractivity (Wildman–Crippen MR) is 53.9 cm³/mol. The van der Waals surface area contributed by atoms with Crippen LogP contribution in [-0.4, -0.2) is 28.8 Å². The van der Waals surface area contributed by atoms with E-state index in [9.17, 15) is 4.79 Å². The Bertz CT molecular complexity index is 332. The molecular weight excluding hydrogens is 176 g/mol. The second-order valence-electron chi connectivity index (χ2n) is 3.81. The quantitative estimate of drug-likeness (QED) is 0.701. The first-order valence-electron chi connectivity index (χ1n) is 4.89. The number of aromatic nitrogens is 1. The first-order valence-corrected chi connectivity index (χ1v) is 4.89. The largest absolute Gasteiger partial charge is 0.298 e. The maximum absolute atomic E-state index is 11.0. The van der Waals surface area contributed by atoms with Gasteiger partial charge in [-0.1, -0.05) is 6.07 Å². The molecule has 0 N–H and O–H groups in total. The molecule has 1 saturated heterocycles. The van der Waals surface area contributed by atoms with Crippen molar-refractivity contribution in [3.05, 3.63) is 29.6 Å². The summed E-state index contributed by atoms with van der Waals surface area (Å²) >= 11 is 0. The van der Waals surface area contributed by atoms with Gasteiger partial charge in [-0.15, -0.1) is 0 Å². The van der Waals surface area contributed by atoms with Gasteiger partial charge in [0.05, 0.1) is 6.54 Å². The summed E-state index contributed by atoms with van der Waals surface area (Å²) in [6.07, 6.45) is 2.59. The van der Waals surface area contributed by atoms with Gasteiger partial charge in [0, 0.05) is 31.4 Å². The van der Waals surface area contributed by atoms with Crippen molar-refractivity contribution in [2.45, 2.75) is 19.9 Å². The standard InChI is InChI=1S/C11H14N2O/c1-9-2-3-10(6-12-9)7-13-5-4-11(14)8-13/h2-3,6H,4-5,7-8H2,1H3. The number of Topliss-reactive ketones (excluding diaryl/α,β-unsaturated/α-hetero) is 1. The Labute approximate surface area is 83.8 Å². The van der Waals surface area contributed by atoms with Crippen LogP contribution in [0.15, 0.2) is 18.3 Å². The molecule has 14 heavy (non-hydrogen) atoms. The Morgan fingerprint density at radius 1 is 1.50 bits per heavy atom. The van der Waals surface area contributed by atoms with Crippen LogP contribution in [0, 0.1) is 6.92 Å². The van der Waals surface area contributed by atoms with E-state index in [0.717, 1.165) is 18.8 Å². The Balaban J connectivity index is 1.97. The molecule has 0 saturated carbocycles. The SMILES string of the molecule is Cc1ccc(CN2CCC(=O)C2)cn1. The lowest BCUT2D eigenvalue weighted by Gasteiger charge is -2.12. The highest BCUT2D eigenvalue weighted by Gasteiger charge is 2.18. The fourth-order valence-corrected chi connectivity index (χ4v) is 1.68. The lowest BCUT2D eigenvalue weighted by molar-refractivity contribution is -0.116. The minimum absolute atomic E-state index is 0.352. The molecule has 3 heteroatoms. The van der Waals surface area contributed by atoms with Crippen molar-refractivity contribution < 1.29 is 4.79 Å². The van der Waals surface area contributed by atoms with E-state index in [1.807, 2.05) is 19.2 Å². The molecule has 3 nitrogen and oxygen atoms in total. The van der Waals surface area contributed by atoms with E-state index >= 15 is 0 Å². The van der Waals surface area contributed by atoms with Crippen LogP contribution in [0.1, 0.15) is 17.7 Å². The van der Waals surface area contributed by atoms with Gasteiger partial charge in [0.1, 0.15) is 5.78 Å². The molecule has 0 unspecified atom stereocenters. The van der Waals surface area contributed by atoms with Crippen molar-refractivity contribution in [3.63, 3.8) is 0 Å². The molecule has 0 aromatic carbocycles. The fourth-order valence-electron chi connectivity index (χ4n) is 1.68. The summed E-state index contributed by atoms with van der Waals surface area (Å²) in [4.78, 5) is 17.4. The maximum atomic E-state index is 11.0. The average Bonchev–Trinajstić information content (AvgIpc) is 2.56. The van der Waals surface area contributed by atoms with E-state index in [1.54, 1.807) is 0 Å². The molecular formula is C11H14N2O. The Morgan fingerprint density at radius 2 is 2.36 bits per heavy atom. The van der Waals surface area contributed by atoms with Crippen LogP contribution >= 0.6 is 0 Å². The highest BCUT2D eigenvalue weighted by Crippen LogP contribution is 2.09. The van der Waals surface area contributed by atoms with Crippen LogP contribution in [-0.2, 0) is 11.3 Å². The maximum Gasteiger partial charge on any atom is 0.148 e. The number of aryl methyl sites for hydroxylation is 1. The number of nitrogens with zero attached hydrogens (tertiary/aromatic N) is 2. The minimum Gasteiger partial charge on any atom is -0.298 e. The monoisotopic (exact) mass is 190 g/mol. The second-order valence-corrected chi connectivity index (χ2v) is 3.81. The number of carbonyl (C=O) groups excluding carboxylic acids is 1. The third kappa shape index (κ3) is 2.17. The number of pyridine rings is 1. The van der Waals surface area contributed by atoms with Gasteiger partial charge >= 0.3 is 0 Å². The lowest BCUT2D eigenvalue weighted by atomic mass is 10.2. The summed E-state index contributed by atoms with van der Waals surface area (Å²) in [5.41, 5.74) is 2.22. The van der Waals surface area contributed by atoms with E-state index in [4.69, 9.17) is 0 Å². The predicted octanol–water partition coefficient (Wildman–Crippen LogP) is 1.16. The van der Waals surface area contributed by atoms with Crippen LogP contribution in [0.4, 0.5) is 0 Å². The zero-order chi connectivity index (χ0) is 9.97. The molecule has 1 fully saturated rings. The van der Waals surface area contributed by atoms with Gasteiger partial charge in [-0.2, -0.15) is 0 Å². The molecule has 1 aromatic heterocycles. The van der Waals surface area contributed by atoms with Crippen LogP contribution < -0.4 is 0 Å². The first kappa shape index (κ1) is 9.34. The number of carbonyl (C=O) groups is 1. The minimum atomic E-state index is 0.352. The molecule has 0 aliphatic carbocycles. The molecule has 0 atom stereocenters. The summed E-state index contributed by atoms with van der Waals surface area (Å²) in [5, 5.41) is 0. The molecule has 0 bridgehead atoms. The molecule has 2 rings (SSSR count). The number of hydrogen-bond donors (Lipinski definition) is 0. The third-order valence-corrected chi connectivity index (χ3v) is 2.49. The third-order valence-electron chi connectivity index (χ3n) is 2.49. The van der Waals surface area contributed by atoms with Crippen LogP contribution in [0.2, 0.25) is 0 Å². The van der Waals surface area contributed by atoms with E-state index < -0.39 is 0 Å². The van der Waals surface area contributed by atoms with E-state index in [-0.39, 0.29) is 0 Å². The Kier molecular flexibility index (Phi) is 2.59. The normalized spacial score (nSPS) is 17.6. The molecule has 1 aromatic rings. The van der Waals surface area contributed by atoms with E-state index in [0.29, 0.717) is 18.7 Å². The second kappa shape index (κ2) is 3.88. The van der Waals surface area contributed by atoms with Crippen LogP contribution in [0.3, 0.4) is 0 Å². The molecule has 1 aliphatic heterocycles. The Hall–Kier alpha value is -1.22. The van der Waals surface area contributed by atoms with Gasteiger partial charge in [0.2, 0.25) is 0 Å². The first-order chi connectivity index (χ1) is 6.74. The summed E-state index contributed by atoms with van der Waals surface area (Å²) in [5.74, 6) is 0.352. The van der Waals surface area contributed by atoms with Crippen LogP contribution in [0.5, 0.6) is 0 Å². The van der Waals surface area contributed by atoms with Gasteiger partial charge in [-0.3, -0.25) is 14.7 Å². The fraction of sp³-hybridized carbons (Fsp3) is 0.455.